The summed E-state index contributed by atoms with van der Waals surface area (Å²) in [6, 6.07) is 6.77. The molecule has 1 rings (SSSR count). The molecule has 0 aliphatic carbocycles. The van der Waals surface area contributed by atoms with Gasteiger partial charge in [0.2, 0.25) is 10.0 Å². The van der Waals surface area contributed by atoms with Gasteiger partial charge in [-0.05, 0) is 29.5 Å². The van der Waals surface area contributed by atoms with Crippen LogP contribution in [0.3, 0.4) is 0 Å². The molecule has 18 heavy (non-hydrogen) atoms. The fraction of sp³-hybridized carbons (Fsp3) is 0.538. The van der Waals surface area contributed by atoms with E-state index in [1.807, 2.05) is 20.8 Å². The normalized spacial score (nSPS) is 12.4. The van der Waals surface area contributed by atoms with Crippen LogP contribution < -0.4 is 4.72 Å². The number of benzene rings is 1. The maximum absolute atomic E-state index is 11.9. The van der Waals surface area contributed by atoms with Gasteiger partial charge in [0.25, 0.3) is 0 Å². The lowest BCUT2D eigenvalue weighted by molar-refractivity contribution is 0.282. The summed E-state index contributed by atoms with van der Waals surface area (Å²) in [6.07, 6.45) is 0.599. The van der Waals surface area contributed by atoms with Crippen molar-refractivity contribution in [3.63, 3.8) is 0 Å². The Kier molecular flexibility index (Phi) is 4.76. The fourth-order valence-electron chi connectivity index (χ4n) is 1.40. The molecule has 0 radical (unpaired) electrons. The number of sulfonamides is 1. The van der Waals surface area contributed by atoms with Crippen molar-refractivity contribution in [2.24, 2.45) is 5.41 Å². The molecule has 0 bridgehead atoms. The second-order valence-electron chi connectivity index (χ2n) is 5.59. The highest BCUT2D eigenvalue weighted by Crippen LogP contribution is 2.20. The Morgan fingerprint density at radius 1 is 1.28 bits per heavy atom. The second kappa shape index (κ2) is 5.71. The standard InChI is InChI=1S/C13H21NO3S/c1-13(2,3)7-8-18(16,17)14-12-6-4-5-11(9-12)10-15/h4-6,9,14-15H,7-8,10H2,1-3H3. The predicted octanol–water partition coefficient (Wildman–Crippen LogP) is 2.36. The number of hydrogen-bond acceptors (Lipinski definition) is 3. The molecule has 0 spiro atoms. The third kappa shape index (κ3) is 5.51. The first-order chi connectivity index (χ1) is 8.22. The van der Waals surface area contributed by atoms with E-state index in [2.05, 4.69) is 4.72 Å². The summed E-state index contributed by atoms with van der Waals surface area (Å²) in [5, 5.41) is 8.99. The number of aliphatic hydroxyl groups excluding tert-OH is 1. The van der Waals surface area contributed by atoms with E-state index < -0.39 is 10.0 Å². The summed E-state index contributed by atoms with van der Waals surface area (Å²) in [7, 11) is -3.32. The lowest BCUT2D eigenvalue weighted by Gasteiger charge is -2.18. The third-order valence-corrected chi connectivity index (χ3v) is 3.79. The molecule has 0 aliphatic rings. The molecular formula is C13H21NO3S. The van der Waals surface area contributed by atoms with Gasteiger partial charge in [-0.15, -0.1) is 0 Å². The van der Waals surface area contributed by atoms with Crippen molar-refractivity contribution in [2.45, 2.75) is 33.8 Å². The van der Waals surface area contributed by atoms with Crippen LogP contribution in [0.25, 0.3) is 0 Å². The van der Waals surface area contributed by atoms with Crippen molar-refractivity contribution >= 4 is 15.7 Å². The van der Waals surface area contributed by atoms with Crippen LogP contribution in [0.1, 0.15) is 32.8 Å². The van der Waals surface area contributed by atoms with Gasteiger partial charge in [-0.2, -0.15) is 0 Å². The highest BCUT2D eigenvalue weighted by Gasteiger charge is 2.17. The minimum absolute atomic E-state index is 0.0122. The van der Waals surface area contributed by atoms with E-state index in [1.165, 1.54) is 0 Å². The Morgan fingerprint density at radius 2 is 1.94 bits per heavy atom. The molecule has 0 amide bonds. The van der Waals surface area contributed by atoms with Crippen molar-refractivity contribution in [1.82, 2.24) is 0 Å². The molecule has 1 aromatic carbocycles. The number of aliphatic hydroxyl groups is 1. The summed E-state index contributed by atoms with van der Waals surface area (Å²) in [5.41, 5.74) is 1.17. The zero-order chi connectivity index (χ0) is 13.8. The first-order valence-electron chi connectivity index (χ1n) is 5.92. The summed E-state index contributed by atoms with van der Waals surface area (Å²) in [5.74, 6) is 0.0971. The van der Waals surface area contributed by atoms with Crippen LogP contribution in [0.5, 0.6) is 0 Å². The third-order valence-electron chi connectivity index (χ3n) is 2.50. The summed E-state index contributed by atoms with van der Waals surface area (Å²) in [6.45, 7) is 5.93. The molecule has 1 aromatic rings. The monoisotopic (exact) mass is 271 g/mol. The summed E-state index contributed by atoms with van der Waals surface area (Å²) < 4.78 is 26.3. The van der Waals surface area contributed by atoms with Gasteiger partial charge in [0, 0.05) is 5.69 Å². The van der Waals surface area contributed by atoms with Gasteiger partial charge >= 0.3 is 0 Å². The Labute approximate surface area is 109 Å². The Hall–Kier alpha value is -1.07. The molecular weight excluding hydrogens is 250 g/mol. The highest BCUT2D eigenvalue weighted by molar-refractivity contribution is 7.92. The average Bonchev–Trinajstić information content (AvgIpc) is 2.25. The zero-order valence-electron chi connectivity index (χ0n) is 11.1. The topological polar surface area (TPSA) is 66.4 Å². The molecule has 0 aliphatic heterocycles. The molecule has 5 heteroatoms. The Balaban J connectivity index is 2.70. The Bertz CT molecular complexity index is 489. The van der Waals surface area contributed by atoms with Crippen molar-refractivity contribution < 1.29 is 13.5 Å². The molecule has 0 saturated carbocycles. The molecule has 0 aromatic heterocycles. The van der Waals surface area contributed by atoms with Gasteiger partial charge in [0.15, 0.2) is 0 Å². The van der Waals surface area contributed by atoms with Crippen LogP contribution >= 0.6 is 0 Å². The highest BCUT2D eigenvalue weighted by atomic mass is 32.2. The van der Waals surface area contributed by atoms with E-state index in [1.54, 1.807) is 24.3 Å². The van der Waals surface area contributed by atoms with Gasteiger partial charge in [0.05, 0.1) is 12.4 Å². The lowest BCUT2D eigenvalue weighted by Crippen LogP contribution is -2.20. The van der Waals surface area contributed by atoms with Gasteiger partial charge in [0.1, 0.15) is 0 Å². The van der Waals surface area contributed by atoms with Crippen LogP contribution in [-0.4, -0.2) is 19.3 Å². The van der Waals surface area contributed by atoms with Crippen LogP contribution in [-0.2, 0) is 16.6 Å². The average molecular weight is 271 g/mol. The van der Waals surface area contributed by atoms with Crippen LogP contribution in [0.15, 0.2) is 24.3 Å². The quantitative estimate of drug-likeness (QED) is 0.864. The van der Waals surface area contributed by atoms with Gasteiger partial charge in [-0.1, -0.05) is 32.9 Å². The van der Waals surface area contributed by atoms with Crippen molar-refractivity contribution in [3.8, 4) is 0 Å². The van der Waals surface area contributed by atoms with Gasteiger partial charge < -0.3 is 5.11 Å². The smallest absolute Gasteiger partial charge is 0.232 e. The first-order valence-corrected chi connectivity index (χ1v) is 7.57. The predicted molar refractivity (Wildman–Crippen MR) is 73.8 cm³/mol. The second-order valence-corrected chi connectivity index (χ2v) is 7.43. The molecule has 0 heterocycles. The summed E-state index contributed by atoms with van der Waals surface area (Å²) in [4.78, 5) is 0. The van der Waals surface area contributed by atoms with E-state index in [4.69, 9.17) is 5.11 Å². The van der Waals surface area contributed by atoms with E-state index >= 15 is 0 Å². The van der Waals surface area contributed by atoms with Gasteiger partial charge in [-0.3, -0.25) is 4.72 Å². The van der Waals surface area contributed by atoms with Crippen molar-refractivity contribution in [2.75, 3.05) is 10.5 Å². The van der Waals surface area contributed by atoms with Crippen LogP contribution in [0.4, 0.5) is 5.69 Å². The number of rotatable bonds is 5. The lowest BCUT2D eigenvalue weighted by atomic mass is 9.94. The van der Waals surface area contributed by atoms with E-state index in [0.717, 1.165) is 0 Å². The number of anilines is 1. The minimum atomic E-state index is -3.32. The van der Waals surface area contributed by atoms with Crippen LogP contribution in [0.2, 0.25) is 0 Å². The largest absolute Gasteiger partial charge is 0.392 e. The van der Waals surface area contributed by atoms with Crippen molar-refractivity contribution in [3.05, 3.63) is 29.8 Å². The summed E-state index contributed by atoms with van der Waals surface area (Å²) >= 11 is 0. The molecule has 0 saturated heterocycles. The zero-order valence-corrected chi connectivity index (χ0v) is 11.9. The number of nitrogens with one attached hydrogen (secondary N) is 1. The van der Waals surface area contributed by atoms with Crippen LogP contribution in [0, 0.1) is 5.41 Å². The molecule has 102 valence electrons. The maximum Gasteiger partial charge on any atom is 0.232 e. The molecule has 0 fully saturated rings. The first kappa shape index (κ1) is 15.0. The fourth-order valence-corrected chi connectivity index (χ4v) is 2.87. The molecule has 0 unspecified atom stereocenters. The molecule has 2 N–H and O–H groups in total. The Morgan fingerprint density at radius 3 is 2.50 bits per heavy atom. The maximum atomic E-state index is 11.9. The molecule has 4 nitrogen and oxygen atoms in total. The van der Waals surface area contributed by atoms with E-state index in [-0.39, 0.29) is 17.8 Å². The number of hydrogen-bond donors (Lipinski definition) is 2. The minimum Gasteiger partial charge on any atom is -0.392 e. The van der Waals surface area contributed by atoms with Gasteiger partial charge in [-0.25, -0.2) is 8.42 Å². The molecule has 0 atom stereocenters. The van der Waals surface area contributed by atoms with Crippen molar-refractivity contribution in [1.29, 1.82) is 0 Å². The van der Waals surface area contributed by atoms with E-state index in [9.17, 15) is 8.42 Å². The SMILES string of the molecule is CC(C)(C)CCS(=O)(=O)Nc1cccc(CO)c1. The van der Waals surface area contributed by atoms with E-state index in [0.29, 0.717) is 17.7 Å².